The van der Waals surface area contributed by atoms with E-state index in [1.54, 1.807) is 0 Å². The fraction of sp³-hybridized carbons (Fsp3) is 0.409. The monoisotopic (exact) mass is 426 g/mol. The van der Waals surface area contributed by atoms with E-state index in [4.69, 9.17) is 0 Å². The first-order chi connectivity index (χ1) is 14.5. The highest BCUT2D eigenvalue weighted by Crippen LogP contribution is 2.32. The number of aryl methyl sites for hydroxylation is 1. The second kappa shape index (κ2) is 8.87. The molecule has 2 aliphatic rings. The molecule has 1 saturated carbocycles. The Morgan fingerprint density at radius 2 is 1.93 bits per heavy atom. The van der Waals surface area contributed by atoms with Crippen molar-refractivity contribution in [3.8, 4) is 0 Å². The second-order valence-corrected chi connectivity index (χ2v) is 9.27. The summed E-state index contributed by atoms with van der Waals surface area (Å²) in [5, 5.41) is 5.59. The topological polar surface area (TPSA) is 99.3 Å². The zero-order chi connectivity index (χ0) is 21.1. The lowest BCUT2D eigenvalue weighted by Crippen LogP contribution is -2.46. The van der Waals surface area contributed by atoms with Crippen molar-refractivity contribution in [2.24, 2.45) is 11.8 Å². The van der Waals surface area contributed by atoms with Crippen LogP contribution >= 0.6 is 11.3 Å². The number of fused-ring (bicyclic) bond motifs is 1. The minimum Gasteiger partial charge on any atom is -0.333 e. The van der Waals surface area contributed by atoms with Gasteiger partial charge >= 0.3 is 6.03 Å². The van der Waals surface area contributed by atoms with Gasteiger partial charge in [0, 0.05) is 23.0 Å². The molecule has 1 aromatic carbocycles. The molecule has 1 fully saturated rings. The average Bonchev–Trinajstić information content (AvgIpc) is 3.50. The number of benzene rings is 1. The Balaban J connectivity index is 1.23. The lowest BCUT2D eigenvalue weighted by molar-refractivity contribution is -0.117. The minimum atomic E-state index is -0.495. The molecule has 1 heterocycles. The van der Waals surface area contributed by atoms with Crippen molar-refractivity contribution < 1.29 is 14.4 Å². The molecule has 0 spiro atoms. The van der Waals surface area contributed by atoms with Gasteiger partial charge in [-0.15, -0.1) is 11.3 Å². The molecule has 158 valence electrons. The molecule has 0 radical (unpaired) electrons. The first-order valence-electron chi connectivity index (χ1n) is 10.3. The molecule has 4 rings (SSSR count). The van der Waals surface area contributed by atoms with E-state index in [1.807, 2.05) is 30.3 Å². The third-order valence-corrected chi connectivity index (χ3v) is 6.67. The molecular weight excluding hydrogens is 400 g/mol. The molecule has 0 bridgehead atoms. The van der Waals surface area contributed by atoms with Crippen LogP contribution < -0.4 is 21.5 Å². The summed E-state index contributed by atoms with van der Waals surface area (Å²) in [5.41, 5.74) is 7.68. The van der Waals surface area contributed by atoms with E-state index in [1.165, 1.54) is 21.8 Å². The molecule has 2 aromatic rings. The van der Waals surface area contributed by atoms with Crippen LogP contribution in [0.1, 0.15) is 51.9 Å². The van der Waals surface area contributed by atoms with Gasteiger partial charge in [-0.3, -0.25) is 15.0 Å². The van der Waals surface area contributed by atoms with E-state index in [0.717, 1.165) is 43.4 Å². The number of amides is 4. The molecule has 8 heteroatoms. The fourth-order valence-corrected chi connectivity index (χ4v) is 4.67. The normalized spacial score (nSPS) is 17.6. The Morgan fingerprint density at radius 1 is 1.10 bits per heavy atom. The Hall–Kier alpha value is -2.87. The number of carbonyl (C=O) groups excluding carboxylic acids is 3. The highest BCUT2D eigenvalue weighted by molar-refractivity contribution is 7.14. The van der Waals surface area contributed by atoms with E-state index in [9.17, 15) is 14.4 Å². The molecular formula is C22H26N4O3S. The number of urea groups is 1. The number of carbonyl (C=O) groups is 3. The molecule has 1 atom stereocenters. The summed E-state index contributed by atoms with van der Waals surface area (Å²) in [4.78, 5) is 38.2. The summed E-state index contributed by atoms with van der Waals surface area (Å²) in [6, 6.07) is 8.79. The largest absolute Gasteiger partial charge is 0.333 e. The van der Waals surface area contributed by atoms with Crippen molar-refractivity contribution in [1.29, 1.82) is 0 Å². The van der Waals surface area contributed by atoms with Crippen LogP contribution in [0.25, 0.3) is 0 Å². The highest BCUT2D eigenvalue weighted by atomic mass is 32.1. The number of thiophene rings is 1. The third kappa shape index (κ3) is 5.18. The maximum atomic E-state index is 12.3. The number of hydrogen-bond acceptors (Lipinski definition) is 4. The van der Waals surface area contributed by atoms with E-state index >= 15 is 0 Å². The number of anilines is 1. The molecule has 0 aliphatic heterocycles. The summed E-state index contributed by atoms with van der Waals surface area (Å²) in [6.07, 6.45) is 5.08. The Morgan fingerprint density at radius 3 is 2.73 bits per heavy atom. The molecule has 1 unspecified atom stereocenters. The lowest BCUT2D eigenvalue weighted by atomic mass is 9.90. The van der Waals surface area contributed by atoms with Crippen LogP contribution in [-0.2, 0) is 24.2 Å². The average molecular weight is 427 g/mol. The van der Waals surface area contributed by atoms with Crippen LogP contribution in [0.2, 0.25) is 0 Å². The van der Waals surface area contributed by atoms with Gasteiger partial charge in [0.1, 0.15) is 0 Å². The highest BCUT2D eigenvalue weighted by Gasteiger charge is 2.29. The van der Waals surface area contributed by atoms with Crippen LogP contribution in [0.4, 0.5) is 10.5 Å². The van der Waals surface area contributed by atoms with Gasteiger partial charge in [-0.05, 0) is 67.3 Å². The van der Waals surface area contributed by atoms with Crippen molar-refractivity contribution >= 4 is 34.9 Å². The molecule has 4 N–H and O–H groups in total. The van der Waals surface area contributed by atoms with Crippen LogP contribution in [0, 0.1) is 11.8 Å². The predicted molar refractivity (Wildman–Crippen MR) is 116 cm³/mol. The Bertz CT molecular complexity index is 967. The van der Waals surface area contributed by atoms with Crippen LogP contribution in [0.15, 0.2) is 30.3 Å². The first kappa shape index (κ1) is 20.4. The summed E-state index contributed by atoms with van der Waals surface area (Å²) in [7, 11) is 0. The van der Waals surface area contributed by atoms with Gasteiger partial charge in [-0.2, -0.15) is 0 Å². The van der Waals surface area contributed by atoms with Crippen molar-refractivity contribution in [2.75, 3.05) is 5.32 Å². The smallest absolute Gasteiger partial charge is 0.333 e. The number of hydrazine groups is 1. The summed E-state index contributed by atoms with van der Waals surface area (Å²) >= 11 is 1.50. The van der Waals surface area contributed by atoms with Crippen molar-refractivity contribution in [2.45, 2.75) is 45.6 Å². The molecule has 7 nitrogen and oxygen atoms in total. The van der Waals surface area contributed by atoms with E-state index in [2.05, 4.69) is 28.4 Å². The van der Waals surface area contributed by atoms with Crippen LogP contribution in [0.3, 0.4) is 0 Å². The summed E-state index contributed by atoms with van der Waals surface area (Å²) < 4.78 is 0. The van der Waals surface area contributed by atoms with Crippen LogP contribution in [-0.4, -0.2) is 17.8 Å². The second-order valence-electron chi connectivity index (χ2n) is 8.13. The maximum absolute atomic E-state index is 12.3. The minimum absolute atomic E-state index is 0.0466. The predicted octanol–water partition coefficient (Wildman–Crippen LogP) is 3.37. The fourth-order valence-electron chi connectivity index (χ4n) is 3.57. The lowest BCUT2D eigenvalue weighted by Gasteiger charge is -2.16. The van der Waals surface area contributed by atoms with Gasteiger partial charge < -0.3 is 10.6 Å². The van der Waals surface area contributed by atoms with Gasteiger partial charge in [0.2, 0.25) is 5.91 Å². The van der Waals surface area contributed by atoms with Crippen LogP contribution in [0.5, 0.6) is 0 Å². The SMILES string of the molecule is CC1CCc2sc(C(=O)NNC(=O)NCc3cccc(NC(=O)C4CC4)c3)cc2C1. The molecule has 1 aromatic heterocycles. The molecule has 30 heavy (non-hydrogen) atoms. The molecule has 4 amide bonds. The summed E-state index contributed by atoms with van der Waals surface area (Å²) in [5.74, 6) is 0.526. The van der Waals surface area contributed by atoms with E-state index < -0.39 is 6.03 Å². The van der Waals surface area contributed by atoms with Gasteiger partial charge in [-0.25, -0.2) is 10.2 Å². The quantitative estimate of drug-likeness (QED) is 0.552. The number of rotatable bonds is 5. The van der Waals surface area contributed by atoms with Crippen molar-refractivity contribution in [1.82, 2.24) is 16.2 Å². The van der Waals surface area contributed by atoms with Crippen molar-refractivity contribution in [3.63, 3.8) is 0 Å². The summed E-state index contributed by atoms with van der Waals surface area (Å²) in [6.45, 7) is 2.50. The Kier molecular flexibility index (Phi) is 6.03. The van der Waals surface area contributed by atoms with E-state index in [0.29, 0.717) is 10.8 Å². The van der Waals surface area contributed by atoms with Gasteiger partial charge in [0.15, 0.2) is 0 Å². The maximum Gasteiger partial charge on any atom is 0.333 e. The van der Waals surface area contributed by atoms with Gasteiger partial charge in [0.05, 0.1) is 4.88 Å². The zero-order valence-corrected chi connectivity index (χ0v) is 17.7. The Labute approximate surface area is 179 Å². The number of nitrogens with one attached hydrogen (secondary N) is 4. The zero-order valence-electron chi connectivity index (χ0n) is 16.9. The van der Waals surface area contributed by atoms with Gasteiger partial charge in [-0.1, -0.05) is 19.1 Å². The standard InChI is InChI=1S/C22H26N4O3S/c1-13-5-8-18-16(9-13)11-19(30-18)21(28)25-26-22(29)23-12-14-3-2-4-17(10-14)24-20(27)15-6-7-15/h2-4,10-11,13,15H,5-9,12H2,1H3,(H,24,27)(H,25,28)(H2,23,26,29). The van der Waals surface area contributed by atoms with Gasteiger partial charge in [0.25, 0.3) is 5.91 Å². The first-order valence-corrected chi connectivity index (χ1v) is 11.1. The number of hydrogen-bond donors (Lipinski definition) is 4. The van der Waals surface area contributed by atoms with E-state index in [-0.39, 0.29) is 24.3 Å². The molecule has 0 saturated heterocycles. The molecule has 2 aliphatic carbocycles. The third-order valence-electron chi connectivity index (χ3n) is 5.44. The van der Waals surface area contributed by atoms with Crippen molar-refractivity contribution in [3.05, 3.63) is 51.2 Å².